The number of pyridine rings is 1. The van der Waals surface area contributed by atoms with Crippen LogP contribution in [-0.4, -0.2) is 19.3 Å². The van der Waals surface area contributed by atoms with Gasteiger partial charge in [-0.05, 0) is 30.3 Å². The second-order valence-electron chi connectivity index (χ2n) is 3.59. The van der Waals surface area contributed by atoms with Gasteiger partial charge in [-0.1, -0.05) is 45.4 Å². The molecule has 2 rings (SSSR count). The summed E-state index contributed by atoms with van der Waals surface area (Å²) in [6, 6.07) is 10.9. The minimum absolute atomic E-state index is 0. The quantitative estimate of drug-likeness (QED) is 0.789. The van der Waals surface area contributed by atoms with Crippen molar-refractivity contribution in [3.05, 3.63) is 47.6 Å². The van der Waals surface area contributed by atoms with E-state index in [1.54, 1.807) is 18.3 Å². The largest absolute Gasteiger partial charge is 0.326 e. The maximum atomic E-state index is 11.0. The molecule has 0 aliphatic rings. The lowest BCUT2D eigenvalue weighted by Crippen LogP contribution is -2.05. The van der Waals surface area contributed by atoms with Gasteiger partial charge in [0.15, 0.2) is 0 Å². The number of rotatable bonds is 2. The van der Waals surface area contributed by atoms with Gasteiger partial charge in [-0.15, -0.1) is 0 Å². The van der Waals surface area contributed by atoms with Crippen LogP contribution in [0, 0.1) is 0 Å². The Bertz CT molecular complexity index is 548. The minimum atomic E-state index is -0.112. The number of carbonyl (C=O) groups is 1. The molecule has 0 aliphatic heterocycles. The second kappa shape index (κ2) is 12.9. The highest BCUT2D eigenvalue weighted by Gasteiger charge is 2.06. The van der Waals surface area contributed by atoms with Crippen molar-refractivity contribution in [3.63, 3.8) is 0 Å². The van der Waals surface area contributed by atoms with Gasteiger partial charge in [-0.3, -0.25) is 9.78 Å². The van der Waals surface area contributed by atoms with E-state index in [0.29, 0.717) is 10.7 Å². The SMILES string of the molecule is CC.CC.CC(=O)Nc1ccc(Cl)c(-c2ccccn2)c1.[B]. The number of halogens is 1. The summed E-state index contributed by atoms with van der Waals surface area (Å²) in [6.07, 6.45) is 1.71. The summed E-state index contributed by atoms with van der Waals surface area (Å²) in [6.45, 7) is 9.47. The maximum Gasteiger partial charge on any atom is 0.221 e. The molecule has 0 bridgehead atoms. The van der Waals surface area contributed by atoms with Crippen LogP contribution in [0.2, 0.25) is 5.02 Å². The molecule has 0 fully saturated rings. The van der Waals surface area contributed by atoms with Gasteiger partial charge in [0, 0.05) is 32.8 Å². The van der Waals surface area contributed by atoms with Crippen LogP contribution < -0.4 is 5.32 Å². The summed E-state index contributed by atoms with van der Waals surface area (Å²) in [4.78, 5) is 15.2. The van der Waals surface area contributed by atoms with Crippen LogP contribution in [0.1, 0.15) is 34.6 Å². The van der Waals surface area contributed by atoms with Gasteiger partial charge in [0.2, 0.25) is 5.91 Å². The van der Waals surface area contributed by atoms with Crippen molar-refractivity contribution in [1.82, 2.24) is 4.98 Å². The molecule has 1 amide bonds. The van der Waals surface area contributed by atoms with Gasteiger partial charge in [-0.2, -0.15) is 0 Å². The Balaban J connectivity index is 0. The predicted octanol–water partition coefficient (Wildman–Crippen LogP) is 5.03. The first-order valence-corrected chi connectivity index (χ1v) is 7.53. The molecule has 0 unspecified atom stereocenters. The summed E-state index contributed by atoms with van der Waals surface area (Å²) < 4.78 is 0. The van der Waals surface area contributed by atoms with Crippen LogP contribution in [0.3, 0.4) is 0 Å². The third kappa shape index (κ3) is 7.27. The van der Waals surface area contributed by atoms with Crippen molar-refractivity contribution in [3.8, 4) is 11.3 Å². The van der Waals surface area contributed by atoms with E-state index in [1.807, 2.05) is 52.0 Å². The molecule has 0 saturated heterocycles. The molecule has 0 aliphatic carbocycles. The Morgan fingerprint density at radius 1 is 1.09 bits per heavy atom. The molecule has 0 spiro atoms. The molecule has 0 saturated carbocycles. The molecule has 5 heteroatoms. The van der Waals surface area contributed by atoms with Gasteiger partial charge < -0.3 is 5.32 Å². The number of hydrogen-bond acceptors (Lipinski definition) is 2. The lowest BCUT2D eigenvalue weighted by atomic mass is 10.1. The summed E-state index contributed by atoms with van der Waals surface area (Å²) in [5, 5.41) is 3.33. The highest BCUT2D eigenvalue weighted by Crippen LogP contribution is 2.28. The molecule has 117 valence electrons. The van der Waals surface area contributed by atoms with Crippen LogP contribution in [0.5, 0.6) is 0 Å². The molecule has 1 N–H and O–H groups in total. The van der Waals surface area contributed by atoms with Gasteiger partial charge >= 0.3 is 0 Å². The Morgan fingerprint density at radius 2 is 1.73 bits per heavy atom. The van der Waals surface area contributed by atoms with Crippen molar-refractivity contribution in [2.45, 2.75) is 34.6 Å². The number of hydrogen-bond donors (Lipinski definition) is 1. The first-order valence-electron chi connectivity index (χ1n) is 7.15. The third-order valence-electron chi connectivity index (χ3n) is 2.23. The van der Waals surface area contributed by atoms with Crippen molar-refractivity contribution in [1.29, 1.82) is 0 Å². The zero-order valence-corrected chi connectivity index (χ0v) is 14.6. The number of anilines is 1. The molecule has 1 aromatic carbocycles. The number of amides is 1. The smallest absolute Gasteiger partial charge is 0.221 e. The molecule has 22 heavy (non-hydrogen) atoms. The average molecular weight is 318 g/mol. The number of nitrogens with zero attached hydrogens (tertiary/aromatic N) is 1. The zero-order chi connectivity index (χ0) is 16.3. The lowest BCUT2D eigenvalue weighted by Gasteiger charge is -2.07. The number of nitrogens with one attached hydrogen (secondary N) is 1. The van der Waals surface area contributed by atoms with Gasteiger partial charge in [-0.25, -0.2) is 0 Å². The van der Waals surface area contributed by atoms with Crippen LogP contribution in [0.15, 0.2) is 42.6 Å². The Hall–Kier alpha value is -1.81. The van der Waals surface area contributed by atoms with E-state index in [1.165, 1.54) is 6.92 Å². The standard InChI is InChI=1S/C13H11ClN2O.2C2H6.B/c1-9(17)16-10-5-6-12(14)11(8-10)13-4-2-3-7-15-13;2*1-2;/h2-8H,1H3,(H,16,17);2*1-2H3;. The summed E-state index contributed by atoms with van der Waals surface area (Å²) >= 11 is 6.11. The van der Waals surface area contributed by atoms with Crippen molar-refractivity contribution in [2.24, 2.45) is 0 Å². The van der Waals surface area contributed by atoms with Crippen molar-refractivity contribution < 1.29 is 4.79 Å². The molecular weight excluding hydrogens is 294 g/mol. The van der Waals surface area contributed by atoms with E-state index in [9.17, 15) is 4.79 Å². The van der Waals surface area contributed by atoms with E-state index >= 15 is 0 Å². The molecule has 0 atom stereocenters. The molecule has 1 aromatic heterocycles. The Morgan fingerprint density at radius 3 is 2.23 bits per heavy atom. The second-order valence-corrected chi connectivity index (χ2v) is 4.00. The molecule has 3 nitrogen and oxygen atoms in total. The van der Waals surface area contributed by atoms with Crippen LogP contribution in [0.4, 0.5) is 5.69 Å². The number of aromatic nitrogens is 1. The first kappa shape index (κ1) is 22.5. The van der Waals surface area contributed by atoms with Gasteiger partial charge in [0.05, 0.1) is 10.7 Å². The third-order valence-corrected chi connectivity index (χ3v) is 2.56. The van der Waals surface area contributed by atoms with Crippen molar-refractivity contribution in [2.75, 3.05) is 5.32 Å². The fraction of sp³-hybridized carbons (Fsp3) is 0.294. The molecular formula is C17H23BClN2O. The van der Waals surface area contributed by atoms with E-state index in [0.717, 1.165) is 11.3 Å². The minimum Gasteiger partial charge on any atom is -0.326 e. The van der Waals surface area contributed by atoms with Crippen LogP contribution in [-0.2, 0) is 4.79 Å². The van der Waals surface area contributed by atoms with Gasteiger partial charge in [0.1, 0.15) is 0 Å². The molecule has 3 radical (unpaired) electrons. The van der Waals surface area contributed by atoms with Crippen molar-refractivity contribution >= 4 is 31.6 Å². The lowest BCUT2D eigenvalue weighted by molar-refractivity contribution is -0.114. The monoisotopic (exact) mass is 317 g/mol. The highest BCUT2D eigenvalue weighted by molar-refractivity contribution is 6.33. The zero-order valence-electron chi connectivity index (χ0n) is 13.9. The Kier molecular flexibility index (Phi) is 13.2. The number of benzene rings is 1. The average Bonchev–Trinajstić information content (AvgIpc) is 2.53. The van der Waals surface area contributed by atoms with E-state index in [2.05, 4.69) is 10.3 Å². The Labute approximate surface area is 140 Å². The van der Waals surface area contributed by atoms with Crippen LogP contribution >= 0.6 is 11.6 Å². The van der Waals surface area contributed by atoms with E-state index in [4.69, 9.17) is 11.6 Å². The summed E-state index contributed by atoms with van der Waals surface area (Å²) in [7, 11) is 0. The fourth-order valence-corrected chi connectivity index (χ4v) is 1.74. The normalized spacial score (nSPS) is 8.27. The molecule has 1 heterocycles. The topological polar surface area (TPSA) is 42.0 Å². The number of carbonyl (C=O) groups excluding carboxylic acids is 1. The summed E-state index contributed by atoms with van der Waals surface area (Å²) in [5.41, 5.74) is 2.30. The maximum absolute atomic E-state index is 11.0. The fourth-order valence-electron chi connectivity index (χ4n) is 1.52. The summed E-state index contributed by atoms with van der Waals surface area (Å²) in [5.74, 6) is -0.112. The van der Waals surface area contributed by atoms with E-state index < -0.39 is 0 Å². The predicted molar refractivity (Wildman–Crippen MR) is 97.4 cm³/mol. The van der Waals surface area contributed by atoms with E-state index in [-0.39, 0.29) is 14.3 Å². The molecule has 2 aromatic rings. The van der Waals surface area contributed by atoms with Gasteiger partial charge in [0.25, 0.3) is 0 Å². The first-order chi connectivity index (χ1) is 10.2. The highest BCUT2D eigenvalue weighted by atomic mass is 35.5. The van der Waals surface area contributed by atoms with Crippen LogP contribution in [0.25, 0.3) is 11.3 Å².